The molecule has 1 saturated carbocycles. The summed E-state index contributed by atoms with van der Waals surface area (Å²) in [7, 11) is 1.98. The topological polar surface area (TPSA) is 80.0 Å². The molecule has 0 bridgehead atoms. The lowest BCUT2D eigenvalue weighted by atomic mass is 10.4. The highest BCUT2D eigenvalue weighted by Crippen LogP contribution is 2.26. The van der Waals surface area contributed by atoms with Crippen LogP contribution in [0.1, 0.15) is 23.5 Å². The summed E-state index contributed by atoms with van der Waals surface area (Å²) in [5.41, 5.74) is 6.83. The SMILES string of the molecule is Cc1nc(CN(C)c2cc(NC3CC3)nc(N)n2)cs1. The van der Waals surface area contributed by atoms with Gasteiger partial charge in [-0.2, -0.15) is 9.97 Å². The fourth-order valence-electron chi connectivity index (χ4n) is 1.96. The number of hydrogen-bond donors (Lipinski definition) is 2. The van der Waals surface area contributed by atoms with Crippen LogP contribution in [0, 0.1) is 6.92 Å². The number of nitrogens with one attached hydrogen (secondary N) is 1. The van der Waals surface area contributed by atoms with Crippen molar-refractivity contribution in [2.75, 3.05) is 23.0 Å². The van der Waals surface area contributed by atoms with E-state index in [1.165, 1.54) is 12.8 Å². The van der Waals surface area contributed by atoms with Gasteiger partial charge in [-0.05, 0) is 19.8 Å². The molecular formula is C13H18N6S. The van der Waals surface area contributed by atoms with Crippen LogP contribution < -0.4 is 16.0 Å². The van der Waals surface area contributed by atoms with Gasteiger partial charge in [0.15, 0.2) is 0 Å². The minimum atomic E-state index is 0.298. The predicted octanol–water partition coefficient (Wildman–Crippen LogP) is 2.03. The van der Waals surface area contributed by atoms with Crippen molar-refractivity contribution in [2.24, 2.45) is 0 Å². The van der Waals surface area contributed by atoms with Gasteiger partial charge in [0.2, 0.25) is 5.95 Å². The average molecular weight is 290 g/mol. The van der Waals surface area contributed by atoms with Gasteiger partial charge in [-0.3, -0.25) is 0 Å². The lowest BCUT2D eigenvalue weighted by molar-refractivity contribution is 0.867. The monoisotopic (exact) mass is 290 g/mol. The molecule has 1 aliphatic rings. The molecule has 0 aromatic carbocycles. The zero-order valence-corrected chi connectivity index (χ0v) is 12.4. The van der Waals surface area contributed by atoms with Crippen molar-refractivity contribution in [3.05, 3.63) is 22.1 Å². The van der Waals surface area contributed by atoms with Crippen molar-refractivity contribution >= 4 is 28.9 Å². The first-order chi connectivity index (χ1) is 9.60. The maximum Gasteiger partial charge on any atom is 0.223 e. The summed E-state index contributed by atoms with van der Waals surface area (Å²) in [6.45, 7) is 2.72. The third-order valence-electron chi connectivity index (χ3n) is 3.12. The van der Waals surface area contributed by atoms with Gasteiger partial charge < -0.3 is 16.0 Å². The number of nitrogen functional groups attached to an aromatic ring is 1. The molecule has 2 aromatic heterocycles. The van der Waals surface area contributed by atoms with Crippen LogP contribution in [0.4, 0.5) is 17.6 Å². The molecule has 2 heterocycles. The van der Waals surface area contributed by atoms with Gasteiger partial charge in [-0.1, -0.05) is 0 Å². The van der Waals surface area contributed by atoms with E-state index in [1.54, 1.807) is 11.3 Å². The van der Waals surface area contributed by atoms with E-state index in [2.05, 4.69) is 25.6 Å². The van der Waals surface area contributed by atoms with Gasteiger partial charge in [-0.25, -0.2) is 4.98 Å². The first kappa shape index (κ1) is 13.1. The van der Waals surface area contributed by atoms with Crippen molar-refractivity contribution in [1.29, 1.82) is 0 Å². The summed E-state index contributed by atoms with van der Waals surface area (Å²) in [6, 6.07) is 2.48. The second kappa shape index (κ2) is 5.24. The van der Waals surface area contributed by atoms with Gasteiger partial charge in [0.1, 0.15) is 11.6 Å². The molecule has 2 aromatic rings. The third-order valence-corrected chi connectivity index (χ3v) is 3.94. The van der Waals surface area contributed by atoms with Crippen molar-refractivity contribution in [1.82, 2.24) is 15.0 Å². The molecule has 106 valence electrons. The molecule has 3 N–H and O–H groups in total. The summed E-state index contributed by atoms with van der Waals surface area (Å²) in [6.07, 6.45) is 2.40. The highest BCUT2D eigenvalue weighted by Gasteiger charge is 2.22. The van der Waals surface area contributed by atoms with Crippen LogP contribution in [-0.2, 0) is 6.54 Å². The molecule has 7 heteroatoms. The largest absolute Gasteiger partial charge is 0.368 e. The maximum atomic E-state index is 5.79. The first-order valence-corrected chi connectivity index (χ1v) is 7.51. The fraction of sp³-hybridized carbons (Fsp3) is 0.462. The predicted molar refractivity (Wildman–Crippen MR) is 82.0 cm³/mol. The molecule has 1 fully saturated rings. The number of hydrogen-bond acceptors (Lipinski definition) is 7. The van der Waals surface area contributed by atoms with Crippen LogP contribution >= 0.6 is 11.3 Å². The number of rotatable bonds is 5. The molecule has 0 atom stereocenters. The first-order valence-electron chi connectivity index (χ1n) is 6.63. The van der Waals surface area contributed by atoms with Crippen LogP contribution in [0.5, 0.6) is 0 Å². The zero-order chi connectivity index (χ0) is 14.1. The third kappa shape index (κ3) is 3.16. The number of aryl methyl sites for hydroxylation is 1. The Morgan fingerprint density at radius 3 is 2.85 bits per heavy atom. The molecule has 0 radical (unpaired) electrons. The van der Waals surface area contributed by atoms with Crippen molar-refractivity contribution in [3.63, 3.8) is 0 Å². The molecule has 6 nitrogen and oxygen atoms in total. The zero-order valence-electron chi connectivity index (χ0n) is 11.6. The van der Waals surface area contributed by atoms with Crippen molar-refractivity contribution in [2.45, 2.75) is 32.4 Å². The number of thiazole rings is 1. The van der Waals surface area contributed by atoms with Gasteiger partial charge in [0.25, 0.3) is 0 Å². The molecule has 0 unspecified atom stereocenters. The molecule has 1 aliphatic carbocycles. The Morgan fingerprint density at radius 1 is 1.40 bits per heavy atom. The maximum absolute atomic E-state index is 5.79. The Balaban J connectivity index is 1.75. The molecule has 0 amide bonds. The standard InChI is InChI=1S/C13H18N6S/c1-8-15-10(7-20-8)6-19(2)12-5-11(16-9-3-4-9)17-13(14)18-12/h5,7,9H,3-4,6H2,1-2H3,(H3,14,16,17,18). The fourth-order valence-corrected chi connectivity index (χ4v) is 2.57. The number of nitrogens with zero attached hydrogens (tertiary/aromatic N) is 4. The van der Waals surface area contributed by atoms with Gasteiger partial charge >= 0.3 is 0 Å². The highest BCUT2D eigenvalue weighted by molar-refractivity contribution is 7.09. The summed E-state index contributed by atoms with van der Waals surface area (Å²) in [4.78, 5) is 15.0. The molecular weight excluding hydrogens is 272 g/mol. The molecule has 20 heavy (non-hydrogen) atoms. The van der Waals surface area contributed by atoms with Crippen LogP contribution in [0.25, 0.3) is 0 Å². The quantitative estimate of drug-likeness (QED) is 0.877. The Labute approximate surface area is 122 Å². The summed E-state index contributed by atoms with van der Waals surface area (Å²) >= 11 is 1.66. The van der Waals surface area contributed by atoms with Gasteiger partial charge in [0, 0.05) is 24.5 Å². The Kier molecular flexibility index (Phi) is 3.43. The number of nitrogens with two attached hydrogens (primary N) is 1. The molecule has 0 aliphatic heterocycles. The van der Waals surface area contributed by atoms with E-state index in [4.69, 9.17) is 5.73 Å². The van der Waals surface area contributed by atoms with E-state index in [-0.39, 0.29) is 0 Å². The Hall–Kier alpha value is -1.89. The summed E-state index contributed by atoms with van der Waals surface area (Å²) < 4.78 is 0. The summed E-state index contributed by atoms with van der Waals surface area (Å²) in [5.74, 6) is 1.91. The lowest BCUT2D eigenvalue weighted by Gasteiger charge is -2.18. The van der Waals surface area contributed by atoms with E-state index >= 15 is 0 Å². The number of anilines is 3. The van der Waals surface area contributed by atoms with Crippen LogP contribution in [0.3, 0.4) is 0 Å². The van der Waals surface area contributed by atoms with E-state index < -0.39 is 0 Å². The van der Waals surface area contributed by atoms with E-state index in [0.29, 0.717) is 18.5 Å². The van der Waals surface area contributed by atoms with E-state index in [0.717, 1.165) is 22.3 Å². The molecule has 3 rings (SSSR count). The number of aromatic nitrogens is 3. The van der Waals surface area contributed by atoms with Crippen LogP contribution in [0.2, 0.25) is 0 Å². The minimum absolute atomic E-state index is 0.298. The molecule has 0 saturated heterocycles. The van der Waals surface area contributed by atoms with Crippen LogP contribution in [0.15, 0.2) is 11.4 Å². The Morgan fingerprint density at radius 2 is 2.20 bits per heavy atom. The summed E-state index contributed by atoms with van der Waals surface area (Å²) in [5, 5.41) is 6.49. The normalized spacial score (nSPS) is 14.3. The molecule has 0 spiro atoms. The van der Waals surface area contributed by atoms with E-state index in [1.807, 2.05) is 24.9 Å². The van der Waals surface area contributed by atoms with E-state index in [9.17, 15) is 0 Å². The van der Waals surface area contributed by atoms with Gasteiger partial charge in [0.05, 0.1) is 17.2 Å². The second-order valence-electron chi connectivity index (χ2n) is 5.10. The average Bonchev–Trinajstić information content (AvgIpc) is 3.10. The minimum Gasteiger partial charge on any atom is -0.368 e. The van der Waals surface area contributed by atoms with Crippen molar-refractivity contribution in [3.8, 4) is 0 Å². The van der Waals surface area contributed by atoms with Crippen LogP contribution in [-0.4, -0.2) is 28.0 Å². The highest BCUT2D eigenvalue weighted by atomic mass is 32.1. The smallest absolute Gasteiger partial charge is 0.223 e. The second-order valence-corrected chi connectivity index (χ2v) is 6.16. The Bertz CT molecular complexity index is 607. The van der Waals surface area contributed by atoms with Crippen molar-refractivity contribution < 1.29 is 0 Å². The van der Waals surface area contributed by atoms with Gasteiger partial charge in [-0.15, -0.1) is 11.3 Å². The lowest BCUT2D eigenvalue weighted by Crippen LogP contribution is -2.19.